The average molecular weight is 404 g/mol. The molecule has 0 aromatic heterocycles. The molecule has 0 aliphatic rings. The van der Waals surface area contributed by atoms with Gasteiger partial charge in [0.25, 0.3) is 5.91 Å². The molecule has 0 bridgehead atoms. The smallest absolute Gasteiger partial charge is 0.256 e. The number of rotatable bonds is 2. The molecule has 0 saturated carbocycles. The van der Waals surface area contributed by atoms with Crippen molar-refractivity contribution in [2.45, 2.75) is 0 Å². The summed E-state index contributed by atoms with van der Waals surface area (Å²) in [6.45, 7) is 0. The van der Waals surface area contributed by atoms with Crippen molar-refractivity contribution in [3.05, 3.63) is 55.9 Å². The molecule has 98 valence electrons. The lowest BCUT2D eigenvalue weighted by molar-refractivity contribution is 0.102. The number of carbonyl (C=O) groups excluding carboxylic acids is 1. The van der Waals surface area contributed by atoms with Crippen molar-refractivity contribution in [3.8, 4) is 0 Å². The van der Waals surface area contributed by atoms with E-state index in [1.165, 1.54) is 0 Å². The molecular weight excluding hydrogens is 395 g/mol. The standard InChI is InChI=1S/C13H9Br2ClN2O/c14-10-3-1-7(17)5-9(10)13(19)18-8-2-4-12(16)11(15)6-8/h1-6H,17H2,(H,18,19). The number of nitrogen functional groups attached to an aromatic ring is 1. The van der Waals surface area contributed by atoms with Gasteiger partial charge in [0.15, 0.2) is 0 Å². The van der Waals surface area contributed by atoms with Gasteiger partial charge < -0.3 is 11.1 Å². The number of nitrogens with two attached hydrogens (primary N) is 1. The largest absolute Gasteiger partial charge is 0.399 e. The van der Waals surface area contributed by atoms with Gasteiger partial charge in [-0.2, -0.15) is 0 Å². The molecule has 0 aliphatic heterocycles. The zero-order valence-electron chi connectivity index (χ0n) is 9.58. The van der Waals surface area contributed by atoms with Crippen LogP contribution in [0.2, 0.25) is 5.02 Å². The Morgan fingerprint density at radius 1 is 1.11 bits per heavy atom. The number of nitrogens with one attached hydrogen (secondary N) is 1. The Hall–Kier alpha value is -1.04. The van der Waals surface area contributed by atoms with Crippen LogP contribution >= 0.6 is 43.5 Å². The highest BCUT2D eigenvalue weighted by molar-refractivity contribution is 9.10. The molecule has 2 aromatic rings. The topological polar surface area (TPSA) is 55.1 Å². The average Bonchev–Trinajstić information content (AvgIpc) is 2.36. The minimum atomic E-state index is -0.242. The third kappa shape index (κ3) is 3.49. The second-order valence-electron chi connectivity index (χ2n) is 3.82. The molecule has 3 N–H and O–H groups in total. The maximum Gasteiger partial charge on any atom is 0.256 e. The number of benzene rings is 2. The van der Waals surface area contributed by atoms with E-state index < -0.39 is 0 Å². The minimum absolute atomic E-state index is 0.242. The zero-order chi connectivity index (χ0) is 14.0. The first-order valence-electron chi connectivity index (χ1n) is 5.29. The van der Waals surface area contributed by atoms with Crippen molar-refractivity contribution in [2.75, 3.05) is 11.1 Å². The summed E-state index contributed by atoms with van der Waals surface area (Å²) in [5.41, 5.74) is 7.34. The van der Waals surface area contributed by atoms with Crippen molar-refractivity contribution in [3.63, 3.8) is 0 Å². The molecule has 0 heterocycles. The van der Waals surface area contributed by atoms with Crippen LogP contribution in [0.3, 0.4) is 0 Å². The molecule has 0 spiro atoms. The summed E-state index contributed by atoms with van der Waals surface area (Å²) in [7, 11) is 0. The van der Waals surface area contributed by atoms with Crippen LogP contribution in [0.4, 0.5) is 11.4 Å². The molecule has 0 saturated heterocycles. The lowest BCUT2D eigenvalue weighted by Crippen LogP contribution is -2.13. The van der Waals surface area contributed by atoms with Crippen LogP contribution in [0.1, 0.15) is 10.4 Å². The van der Waals surface area contributed by atoms with Gasteiger partial charge in [0, 0.05) is 20.3 Å². The van der Waals surface area contributed by atoms with Crippen LogP contribution in [0.15, 0.2) is 45.3 Å². The van der Waals surface area contributed by atoms with Crippen molar-refractivity contribution in [1.29, 1.82) is 0 Å². The van der Waals surface area contributed by atoms with E-state index in [1.54, 1.807) is 36.4 Å². The van der Waals surface area contributed by atoms with E-state index in [9.17, 15) is 4.79 Å². The Kier molecular flexibility index (Phi) is 4.50. The molecule has 19 heavy (non-hydrogen) atoms. The number of amides is 1. The Morgan fingerprint density at radius 3 is 2.53 bits per heavy atom. The van der Waals surface area contributed by atoms with E-state index in [4.69, 9.17) is 17.3 Å². The molecule has 2 aromatic carbocycles. The monoisotopic (exact) mass is 402 g/mol. The van der Waals surface area contributed by atoms with Crippen LogP contribution in [0, 0.1) is 0 Å². The number of carbonyl (C=O) groups is 1. The molecule has 6 heteroatoms. The molecule has 3 nitrogen and oxygen atoms in total. The highest BCUT2D eigenvalue weighted by atomic mass is 79.9. The fraction of sp³-hybridized carbons (Fsp3) is 0. The predicted molar refractivity (Wildman–Crippen MR) is 85.7 cm³/mol. The molecule has 0 unspecified atom stereocenters. The first-order chi connectivity index (χ1) is 8.97. The van der Waals surface area contributed by atoms with E-state index in [-0.39, 0.29) is 5.91 Å². The van der Waals surface area contributed by atoms with Crippen molar-refractivity contribution in [2.24, 2.45) is 0 Å². The molecule has 0 radical (unpaired) electrons. The number of hydrogen-bond donors (Lipinski definition) is 2. The van der Waals surface area contributed by atoms with Crippen molar-refractivity contribution in [1.82, 2.24) is 0 Å². The highest BCUT2D eigenvalue weighted by Gasteiger charge is 2.11. The lowest BCUT2D eigenvalue weighted by Gasteiger charge is -2.08. The summed E-state index contributed by atoms with van der Waals surface area (Å²) in [6, 6.07) is 10.2. The predicted octanol–water partition coefficient (Wildman–Crippen LogP) is 4.70. The summed E-state index contributed by atoms with van der Waals surface area (Å²) >= 11 is 12.5. The van der Waals surface area contributed by atoms with Crippen LogP contribution in [0.5, 0.6) is 0 Å². The Morgan fingerprint density at radius 2 is 1.84 bits per heavy atom. The zero-order valence-corrected chi connectivity index (χ0v) is 13.5. The fourth-order valence-corrected chi connectivity index (χ4v) is 2.41. The summed E-state index contributed by atoms with van der Waals surface area (Å²) in [5.74, 6) is -0.242. The third-order valence-electron chi connectivity index (χ3n) is 2.41. The Bertz CT molecular complexity index is 647. The molecule has 0 atom stereocenters. The van der Waals surface area contributed by atoms with Crippen LogP contribution in [0.25, 0.3) is 0 Å². The first-order valence-corrected chi connectivity index (χ1v) is 7.25. The van der Waals surface area contributed by atoms with Gasteiger partial charge in [-0.05, 0) is 68.3 Å². The first kappa shape index (κ1) is 14.4. The second kappa shape index (κ2) is 5.94. The Balaban J connectivity index is 2.25. The van der Waals surface area contributed by atoms with Gasteiger partial charge in [0.1, 0.15) is 0 Å². The molecule has 2 rings (SSSR count). The van der Waals surface area contributed by atoms with Gasteiger partial charge in [-0.3, -0.25) is 4.79 Å². The third-order valence-corrected chi connectivity index (χ3v) is 4.32. The quantitative estimate of drug-likeness (QED) is 0.713. The minimum Gasteiger partial charge on any atom is -0.399 e. The molecule has 1 amide bonds. The van der Waals surface area contributed by atoms with E-state index in [1.807, 2.05) is 0 Å². The summed E-state index contributed by atoms with van der Waals surface area (Å²) < 4.78 is 1.41. The van der Waals surface area contributed by atoms with E-state index in [0.717, 1.165) is 4.47 Å². The van der Waals surface area contributed by atoms with Crippen LogP contribution in [-0.4, -0.2) is 5.91 Å². The van der Waals surface area contributed by atoms with E-state index in [2.05, 4.69) is 37.2 Å². The van der Waals surface area contributed by atoms with Gasteiger partial charge in [-0.25, -0.2) is 0 Å². The summed E-state index contributed by atoms with van der Waals surface area (Å²) in [5, 5.41) is 3.37. The SMILES string of the molecule is Nc1ccc(Br)c(C(=O)Nc2ccc(Cl)c(Br)c2)c1. The van der Waals surface area contributed by atoms with Crippen molar-refractivity contribution < 1.29 is 4.79 Å². The molecular formula is C13H9Br2ClN2O. The van der Waals surface area contributed by atoms with Crippen molar-refractivity contribution >= 4 is 60.7 Å². The molecule has 0 aliphatic carbocycles. The van der Waals surface area contributed by atoms with Gasteiger partial charge in [-0.1, -0.05) is 11.6 Å². The van der Waals surface area contributed by atoms with Gasteiger partial charge in [0.05, 0.1) is 10.6 Å². The fourth-order valence-electron chi connectivity index (χ4n) is 1.49. The number of halogens is 3. The normalized spacial score (nSPS) is 10.3. The molecule has 0 fully saturated rings. The van der Waals surface area contributed by atoms with Crippen LogP contribution in [-0.2, 0) is 0 Å². The van der Waals surface area contributed by atoms with Gasteiger partial charge in [-0.15, -0.1) is 0 Å². The summed E-state index contributed by atoms with van der Waals surface area (Å²) in [4.78, 5) is 12.1. The lowest BCUT2D eigenvalue weighted by atomic mass is 10.2. The summed E-state index contributed by atoms with van der Waals surface area (Å²) in [6.07, 6.45) is 0. The van der Waals surface area contributed by atoms with Gasteiger partial charge >= 0.3 is 0 Å². The van der Waals surface area contributed by atoms with Crippen LogP contribution < -0.4 is 11.1 Å². The maximum atomic E-state index is 12.1. The second-order valence-corrected chi connectivity index (χ2v) is 5.94. The maximum absolute atomic E-state index is 12.1. The number of anilines is 2. The van der Waals surface area contributed by atoms with E-state index in [0.29, 0.717) is 26.4 Å². The number of hydrogen-bond acceptors (Lipinski definition) is 2. The Labute approximate surface area is 132 Å². The van der Waals surface area contributed by atoms with E-state index >= 15 is 0 Å². The van der Waals surface area contributed by atoms with Gasteiger partial charge in [0.2, 0.25) is 0 Å². The highest BCUT2D eigenvalue weighted by Crippen LogP contribution is 2.26.